The first kappa shape index (κ1) is 17.5. The lowest BCUT2D eigenvalue weighted by molar-refractivity contribution is -0.126. The predicted octanol–water partition coefficient (Wildman–Crippen LogP) is 4.60. The van der Waals surface area contributed by atoms with Gasteiger partial charge in [0.25, 0.3) is 0 Å². The van der Waals surface area contributed by atoms with Crippen molar-refractivity contribution >= 4 is 5.91 Å². The van der Waals surface area contributed by atoms with Crippen molar-refractivity contribution in [2.45, 2.75) is 52.4 Å². The molecule has 0 atom stereocenters. The Morgan fingerprint density at radius 2 is 1.86 bits per heavy atom. The van der Waals surface area contributed by atoms with E-state index in [1.165, 1.54) is 18.4 Å². The molecule has 1 rings (SSSR count). The summed E-state index contributed by atoms with van der Waals surface area (Å²) in [6, 6.07) is 10.3. The average Bonchev–Trinajstić information content (AvgIpc) is 2.52. The molecule has 0 saturated carbocycles. The van der Waals surface area contributed by atoms with Crippen molar-refractivity contribution in [1.29, 1.82) is 0 Å². The monoisotopic (exact) mass is 287 g/mol. The third-order valence-corrected chi connectivity index (χ3v) is 3.70. The van der Waals surface area contributed by atoms with Crippen molar-refractivity contribution in [3.8, 4) is 0 Å². The van der Waals surface area contributed by atoms with Crippen molar-refractivity contribution in [2.75, 3.05) is 13.6 Å². The number of amides is 1. The Bertz CT molecular complexity index is 436. The van der Waals surface area contributed by atoms with E-state index in [4.69, 9.17) is 0 Å². The molecule has 116 valence electrons. The lowest BCUT2D eigenvalue weighted by atomic mass is 10.0. The number of carbonyl (C=O) groups excluding carboxylic acids is 1. The fourth-order valence-corrected chi connectivity index (χ4v) is 2.40. The first-order valence-electron chi connectivity index (χ1n) is 8.17. The van der Waals surface area contributed by atoms with Gasteiger partial charge in [-0.15, -0.1) is 0 Å². The first-order valence-corrected chi connectivity index (χ1v) is 8.17. The standard InChI is InChI=1S/C19H29NO/c1-4-6-8-14-18(11-5-2)19(21)20(3)16-15-17-12-9-7-10-13-17/h7,9-13H,4-6,8,14-16H2,1-3H3. The van der Waals surface area contributed by atoms with Gasteiger partial charge in [-0.2, -0.15) is 0 Å². The highest BCUT2D eigenvalue weighted by atomic mass is 16.2. The molecule has 21 heavy (non-hydrogen) atoms. The molecule has 1 amide bonds. The molecule has 0 aliphatic carbocycles. The number of rotatable bonds is 9. The third-order valence-electron chi connectivity index (χ3n) is 3.70. The summed E-state index contributed by atoms with van der Waals surface area (Å²) in [7, 11) is 1.91. The highest BCUT2D eigenvalue weighted by molar-refractivity contribution is 5.93. The summed E-state index contributed by atoms with van der Waals surface area (Å²) >= 11 is 0. The second-order valence-corrected chi connectivity index (χ2v) is 5.56. The summed E-state index contributed by atoms with van der Waals surface area (Å²) in [5.74, 6) is 0.198. The Morgan fingerprint density at radius 3 is 2.48 bits per heavy atom. The first-order chi connectivity index (χ1) is 10.2. The van der Waals surface area contributed by atoms with Crippen LogP contribution in [0.5, 0.6) is 0 Å². The summed E-state index contributed by atoms with van der Waals surface area (Å²) in [6.07, 6.45) is 8.35. The summed E-state index contributed by atoms with van der Waals surface area (Å²) in [4.78, 5) is 14.4. The van der Waals surface area contributed by atoms with E-state index >= 15 is 0 Å². The summed E-state index contributed by atoms with van der Waals surface area (Å²) in [6.45, 7) is 5.06. The zero-order chi connectivity index (χ0) is 15.5. The summed E-state index contributed by atoms with van der Waals surface area (Å²) in [5, 5.41) is 0. The number of allylic oxidation sites excluding steroid dienone is 1. The molecule has 1 aromatic rings. The third kappa shape index (κ3) is 6.61. The Balaban J connectivity index is 2.51. The van der Waals surface area contributed by atoms with Crippen LogP contribution in [0.2, 0.25) is 0 Å². The normalized spacial score (nSPS) is 11.5. The quantitative estimate of drug-likeness (QED) is 0.480. The van der Waals surface area contributed by atoms with Crippen LogP contribution >= 0.6 is 0 Å². The Labute approximate surface area is 129 Å². The van der Waals surface area contributed by atoms with Gasteiger partial charge < -0.3 is 4.90 Å². The van der Waals surface area contributed by atoms with Gasteiger partial charge >= 0.3 is 0 Å². The molecule has 0 radical (unpaired) electrons. The van der Waals surface area contributed by atoms with Crippen molar-refractivity contribution in [3.05, 3.63) is 47.5 Å². The minimum absolute atomic E-state index is 0.198. The van der Waals surface area contributed by atoms with Crippen LogP contribution < -0.4 is 0 Å². The highest BCUT2D eigenvalue weighted by Crippen LogP contribution is 2.13. The molecular weight excluding hydrogens is 258 g/mol. The van der Waals surface area contributed by atoms with E-state index in [1.807, 2.05) is 30.1 Å². The smallest absolute Gasteiger partial charge is 0.249 e. The highest BCUT2D eigenvalue weighted by Gasteiger charge is 2.13. The number of hydrogen-bond donors (Lipinski definition) is 0. The van der Waals surface area contributed by atoms with Crippen molar-refractivity contribution in [1.82, 2.24) is 4.90 Å². The maximum Gasteiger partial charge on any atom is 0.249 e. The minimum Gasteiger partial charge on any atom is -0.342 e. The van der Waals surface area contributed by atoms with Gasteiger partial charge in [0, 0.05) is 19.2 Å². The molecule has 0 aromatic heterocycles. The number of carbonyl (C=O) groups is 1. The fourth-order valence-electron chi connectivity index (χ4n) is 2.40. The SMILES string of the molecule is CCC=C(CCCCC)C(=O)N(C)CCc1ccccc1. The molecule has 0 fully saturated rings. The van der Waals surface area contributed by atoms with Gasteiger partial charge in [0.2, 0.25) is 5.91 Å². The second kappa shape index (κ2) is 10.2. The van der Waals surface area contributed by atoms with E-state index in [1.54, 1.807) is 0 Å². The van der Waals surface area contributed by atoms with Gasteiger partial charge in [-0.3, -0.25) is 4.79 Å². The van der Waals surface area contributed by atoms with Crippen LogP contribution in [0.3, 0.4) is 0 Å². The Morgan fingerprint density at radius 1 is 1.14 bits per heavy atom. The lowest BCUT2D eigenvalue weighted by Crippen LogP contribution is -2.30. The average molecular weight is 287 g/mol. The van der Waals surface area contributed by atoms with Gasteiger partial charge in [-0.25, -0.2) is 0 Å². The van der Waals surface area contributed by atoms with Crippen LogP contribution in [0, 0.1) is 0 Å². The molecule has 0 saturated heterocycles. The van der Waals surface area contributed by atoms with E-state index in [9.17, 15) is 4.79 Å². The number of likely N-dealkylation sites (N-methyl/N-ethyl adjacent to an activating group) is 1. The van der Waals surface area contributed by atoms with Crippen LogP contribution in [0.1, 0.15) is 51.5 Å². The van der Waals surface area contributed by atoms with Gasteiger partial charge in [-0.05, 0) is 31.2 Å². The molecule has 0 N–H and O–H groups in total. The van der Waals surface area contributed by atoms with Crippen molar-refractivity contribution in [2.24, 2.45) is 0 Å². The Kier molecular flexibility index (Phi) is 8.49. The van der Waals surface area contributed by atoms with Crippen LogP contribution in [-0.2, 0) is 11.2 Å². The summed E-state index contributed by atoms with van der Waals surface area (Å²) < 4.78 is 0. The number of unbranched alkanes of at least 4 members (excludes halogenated alkanes) is 2. The minimum atomic E-state index is 0.198. The van der Waals surface area contributed by atoms with Gasteiger partial charge in [0.1, 0.15) is 0 Å². The zero-order valence-electron chi connectivity index (χ0n) is 13.8. The van der Waals surface area contributed by atoms with E-state index in [2.05, 4.69) is 32.1 Å². The molecule has 2 heteroatoms. The Hall–Kier alpha value is -1.57. The molecule has 0 aliphatic rings. The maximum absolute atomic E-state index is 12.5. The molecule has 2 nitrogen and oxygen atoms in total. The van der Waals surface area contributed by atoms with Crippen LogP contribution in [0.15, 0.2) is 42.0 Å². The zero-order valence-corrected chi connectivity index (χ0v) is 13.8. The summed E-state index contributed by atoms with van der Waals surface area (Å²) in [5.41, 5.74) is 2.27. The van der Waals surface area contributed by atoms with E-state index in [-0.39, 0.29) is 5.91 Å². The van der Waals surface area contributed by atoms with Crippen LogP contribution in [0.4, 0.5) is 0 Å². The lowest BCUT2D eigenvalue weighted by Gasteiger charge is -2.19. The van der Waals surface area contributed by atoms with Crippen molar-refractivity contribution in [3.63, 3.8) is 0 Å². The number of benzene rings is 1. The molecule has 0 spiro atoms. The largest absolute Gasteiger partial charge is 0.342 e. The van der Waals surface area contributed by atoms with E-state index in [0.29, 0.717) is 0 Å². The molecular formula is C19H29NO. The van der Waals surface area contributed by atoms with E-state index < -0.39 is 0 Å². The van der Waals surface area contributed by atoms with Crippen LogP contribution in [0.25, 0.3) is 0 Å². The molecule has 0 heterocycles. The molecule has 0 aliphatic heterocycles. The number of hydrogen-bond acceptors (Lipinski definition) is 1. The number of nitrogens with zero attached hydrogens (tertiary/aromatic N) is 1. The topological polar surface area (TPSA) is 20.3 Å². The second-order valence-electron chi connectivity index (χ2n) is 5.56. The van der Waals surface area contributed by atoms with Gasteiger partial charge in [-0.1, -0.05) is 63.1 Å². The molecule has 1 aromatic carbocycles. The van der Waals surface area contributed by atoms with Gasteiger partial charge in [0.05, 0.1) is 0 Å². The molecule has 0 unspecified atom stereocenters. The van der Waals surface area contributed by atoms with Crippen molar-refractivity contribution < 1.29 is 4.79 Å². The van der Waals surface area contributed by atoms with Crippen LogP contribution in [-0.4, -0.2) is 24.4 Å². The molecule has 0 bridgehead atoms. The van der Waals surface area contributed by atoms with Gasteiger partial charge in [0.15, 0.2) is 0 Å². The maximum atomic E-state index is 12.5. The predicted molar refractivity (Wildman–Crippen MR) is 90.3 cm³/mol. The van der Waals surface area contributed by atoms with E-state index in [0.717, 1.165) is 37.8 Å². The fraction of sp³-hybridized carbons (Fsp3) is 0.526.